The third-order valence-corrected chi connectivity index (χ3v) is 3.46. The molecule has 1 aliphatic rings. The molecule has 0 fully saturated rings. The number of benzene rings is 2. The van der Waals surface area contributed by atoms with Crippen molar-refractivity contribution in [2.24, 2.45) is 0 Å². The van der Waals surface area contributed by atoms with Crippen molar-refractivity contribution in [3.05, 3.63) is 59.2 Å². The van der Waals surface area contributed by atoms with Crippen LogP contribution in [0.3, 0.4) is 0 Å². The molecule has 0 spiro atoms. The third kappa shape index (κ3) is 3.18. The molecule has 118 valence electrons. The second-order valence-corrected chi connectivity index (χ2v) is 5.13. The van der Waals surface area contributed by atoms with Gasteiger partial charge in [-0.05, 0) is 48.0 Å². The van der Waals surface area contributed by atoms with E-state index in [1.54, 1.807) is 18.2 Å². The molecule has 0 atom stereocenters. The molecule has 2 N–H and O–H groups in total. The Hall–Kier alpha value is -2.83. The highest BCUT2D eigenvalue weighted by Gasteiger charge is 2.30. The smallest absolute Gasteiger partial charge is 0.326 e. The maximum atomic E-state index is 12.5. The van der Waals surface area contributed by atoms with Crippen LogP contribution in [0.1, 0.15) is 21.5 Å². The first-order valence-electron chi connectivity index (χ1n) is 6.74. The van der Waals surface area contributed by atoms with Gasteiger partial charge in [0, 0.05) is 16.9 Å². The van der Waals surface area contributed by atoms with E-state index < -0.39 is 17.6 Å². The van der Waals surface area contributed by atoms with E-state index in [0.717, 1.165) is 29.8 Å². The molecule has 0 saturated carbocycles. The Kier molecular flexibility index (Phi) is 3.55. The fourth-order valence-corrected chi connectivity index (χ4v) is 2.32. The van der Waals surface area contributed by atoms with Gasteiger partial charge in [-0.3, -0.25) is 9.59 Å². The monoisotopic (exact) mass is 320 g/mol. The fraction of sp³-hybridized carbons (Fsp3) is 0.125. The van der Waals surface area contributed by atoms with Crippen molar-refractivity contribution in [2.45, 2.75) is 12.6 Å². The third-order valence-electron chi connectivity index (χ3n) is 3.46. The summed E-state index contributed by atoms with van der Waals surface area (Å²) in [4.78, 5) is 23.3. The summed E-state index contributed by atoms with van der Waals surface area (Å²) in [6.07, 6.45) is -4.20. The summed E-state index contributed by atoms with van der Waals surface area (Å²) in [6.45, 7) is 0. The van der Waals surface area contributed by atoms with Crippen LogP contribution in [0, 0.1) is 0 Å². The summed E-state index contributed by atoms with van der Waals surface area (Å²) in [7, 11) is 0. The molecule has 4 nitrogen and oxygen atoms in total. The van der Waals surface area contributed by atoms with Gasteiger partial charge in [-0.25, -0.2) is 0 Å². The molecule has 0 saturated heterocycles. The van der Waals surface area contributed by atoms with Crippen LogP contribution in [-0.4, -0.2) is 11.8 Å². The molecule has 1 heterocycles. The summed E-state index contributed by atoms with van der Waals surface area (Å²) in [5.74, 6) is -0.637. The predicted octanol–water partition coefficient (Wildman–Crippen LogP) is 3.45. The summed E-state index contributed by atoms with van der Waals surface area (Å²) in [5.41, 5.74) is 1.25. The number of anilines is 2. The van der Waals surface area contributed by atoms with E-state index in [0.29, 0.717) is 11.4 Å². The molecule has 2 aromatic rings. The van der Waals surface area contributed by atoms with Crippen LogP contribution in [0.5, 0.6) is 0 Å². The van der Waals surface area contributed by atoms with Crippen molar-refractivity contribution in [1.29, 1.82) is 0 Å². The minimum absolute atomic E-state index is 0.118. The Morgan fingerprint density at radius 3 is 2.43 bits per heavy atom. The Labute approximate surface area is 129 Å². The lowest BCUT2D eigenvalue weighted by Gasteiger charge is -2.09. The van der Waals surface area contributed by atoms with Crippen molar-refractivity contribution in [2.75, 3.05) is 10.6 Å². The summed E-state index contributed by atoms with van der Waals surface area (Å²) in [5, 5.41) is 5.27. The van der Waals surface area contributed by atoms with E-state index in [4.69, 9.17) is 0 Å². The number of hydrogen-bond donors (Lipinski definition) is 2. The van der Waals surface area contributed by atoms with E-state index in [-0.39, 0.29) is 17.9 Å². The van der Waals surface area contributed by atoms with Gasteiger partial charge in [0.15, 0.2) is 0 Å². The van der Waals surface area contributed by atoms with Gasteiger partial charge in [0.05, 0.1) is 12.0 Å². The highest BCUT2D eigenvalue weighted by atomic mass is 19.4. The minimum atomic E-state index is -4.44. The van der Waals surface area contributed by atoms with Crippen LogP contribution in [0.4, 0.5) is 24.5 Å². The van der Waals surface area contributed by atoms with Gasteiger partial charge in [0.25, 0.3) is 5.91 Å². The maximum Gasteiger partial charge on any atom is 0.416 e. The molecule has 3 rings (SSSR count). The first-order chi connectivity index (χ1) is 10.8. The van der Waals surface area contributed by atoms with Crippen molar-refractivity contribution >= 4 is 23.2 Å². The standard InChI is InChI=1S/C16H11F3N2O2/c17-16(18,19)11-3-1-9(2-4-11)15(23)20-12-5-6-13-10(7-12)8-14(22)21-13/h1-7H,8H2,(H,20,23)(H,21,22). The first-order valence-corrected chi connectivity index (χ1v) is 6.74. The van der Waals surface area contributed by atoms with Gasteiger partial charge in [-0.2, -0.15) is 13.2 Å². The zero-order valence-corrected chi connectivity index (χ0v) is 11.7. The molecule has 23 heavy (non-hydrogen) atoms. The number of alkyl halides is 3. The number of halogens is 3. The lowest BCUT2D eigenvalue weighted by molar-refractivity contribution is -0.137. The molecular formula is C16H11F3N2O2. The Morgan fingerprint density at radius 1 is 1.09 bits per heavy atom. The number of rotatable bonds is 2. The lowest BCUT2D eigenvalue weighted by atomic mass is 10.1. The van der Waals surface area contributed by atoms with Gasteiger partial charge in [0.1, 0.15) is 0 Å². The van der Waals surface area contributed by atoms with Crippen molar-refractivity contribution in [3.8, 4) is 0 Å². The molecule has 2 aromatic carbocycles. The Balaban J connectivity index is 1.75. The van der Waals surface area contributed by atoms with Crippen LogP contribution in [0.25, 0.3) is 0 Å². The summed E-state index contributed by atoms with van der Waals surface area (Å²) in [6, 6.07) is 8.91. The van der Waals surface area contributed by atoms with Gasteiger partial charge < -0.3 is 10.6 Å². The minimum Gasteiger partial charge on any atom is -0.326 e. The van der Waals surface area contributed by atoms with Crippen LogP contribution < -0.4 is 10.6 Å². The molecule has 0 bridgehead atoms. The highest BCUT2D eigenvalue weighted by molar-refractivity contribution is 6.05. The molecule has 0 aromatic heterocycles. The van der Waals surface area contributed by atoms with Crippen molar-refractivity contribution < 1.29 is 22.8 Å². The Bertz CT molecular complexity index is 783. The number of hydrogen-bond acceptors (Lipinski definition) is 2. The molecule has 1 aliphatic heterocycles. The first kappa shape index (κ1) is 15.1. The predicted molar refractivity (Wildman–Crippen MR) is 78.2 cm³/mol. The van der Waals surface area contributed by atoms with E-state index in [1.165, 1.54) is 0 Å². The number of carbonyl (C=O) groups is 2. The molecule has 0 radical (unpaired) electrons. The zero-order valence-electron chi connectivity index (χ0n) is 11.7. The Morgan fingerprint density at radius 2 is 1.78 bits per heavy atom. The van der Waals surface area contributed by atoms with Crippen molar-refractivity contribution in [1.82, 2.24) is 0 Å². The molecule has 2 amide bonds. The average Bonchev–Trinajstić information content (AvgIpc) is 2.86. The molecule has 7 heteroatoms. The quantitative estimate of drug-likeness (QED) is 0.890. The molecular weight excluding hydrogens is 309 g/mol. The highest BCUT2D eigenvalue weighted by Crippen LogP contribution is 2.29. The van der Waals surface area contributed by atoms with Crippen LogP contribution >= 0.6 is 0 Å². The van der Waals surface area contributed by atoms with Crippen LogP contribution in [0.15, 0.2) is 42.5 Å². The van der Waals surface area contributed by atoms with Crippen LogP contribution in [-0.2, 0) is 17.4 Å². The number of carbonyl (C=O) groups excluding carboxylic acids is 2. The van der Waals surface area contributed by atoms with E-state index in [2.05, 4.69) is 10.6 Å². The number of nitrogens with one attached hydrogen (secondary N) is 2. The van der Waals surface area contributed by atoms with Gasteiger partial charge in [0.2, 0.25) is 5.91 Å². The van der Waals surface area contributed by atoms with Gasteiger partial charge in [-0.1, -0.05) is 0 Å². The molecule has 0 unspecified atom stereocenters. The van der Waals surface area contributed by atoms with E-state index in [9.17, 15) is 22.8 Å². The topological polar surface area (TPSA) is 58.2 Å². The second kappa shape index (κ2) is 5.42. The van der Waals surface area contributed by atoms with Gasteiger partial charge in [-0.15, -0.1) is 0 Å². The largest absolute Gasteiger partial charge is 0.416 e. The van der Waals surface area contributed by atoms with Crippen molar-refractivity contribution in [3.63, 3.8) is 0 Å². The zero-order chi connectivity index (χ0) is 16.6. The summed E-state index contributed by atoms with van der Waals surface area (Å²) >= 11 is 0. The van der Waals surface area contributed by atoms with E-state index in [1.807, 2.05) is 0 Å². The van der Waals surface area contributed by atoms with Crippen LogP contribution in [0.2, 0.25) is 0 Å². The fourth-order valence-electron chi connectivity index (χ4n) is 2.32. The SMILES string of the molecule is O=C1Cc2cc(NC(=O)c3ccc(C(F)(F)F)cc3)ccc2N1. The second-order valence-electron chi connectivity index (χ2n) is 5.13. The van der Waals surface area contributed by atoms with Gasteiger partial charge >= 0.3 is 6.18 Å². The number of fused-ring (bicyclic) bond motifs is 1. The van der Waals surface area contributed by atoms with E-state index >= 15 is 0 Å². The molecule has 0 aliphatic carbocycles. The normalized spacial score (nSPS) is 13.4. The number of amides is 2. The lowest BCUT2D eigenvalue weighted by Crippen LogP contribution is -2.13. The average molecular weight is 320 g/mol. The maximum absolute atomic E-state index is 12.5. The summed E-state index contributed by atoms with van der Waals surface area (Å²) < 4.78 is 37.5.